The lowest BCUT2D eigenvalue weighted by molar-refractivity contribution is -0.151. The first-order chi connectivity index (χ1) is 13.4. The van der Waals surface area contributed by atoms with Crippen molar-refractivity contribution >= 4 is 35.9 Å². The molecule has 8 heteroatoms. The average molecular weight is 427 g/mol. The highest BCUT2D eigenvalue weighted by Crippen LogP contribution is 2.36. The van der Waals surface area contributed by atoms with Crippen molar-refractivity contribution < 1.29 is 23.9 Å². The second-order valence-corrected chi connectivity index (χ2v) is 7.35. The number of piperidine rings is 1. The van der Waals surface area contributed by atoms with Gasteiger partial charge in [-0.25, -0.2) is 4.79 Å². The Hall–Kier alpha value is -2.12. The molecular formula is C21H31ClN2O5. The summed E-state index contributed by atoms with van der Waals surface area (Å²) < 4.78 is 9.85. The molecule has 1 aliphatic rings. The number of ether oxygens (including phenoxy) is 2. The van der Waals surface area contributed by atoms with Gasteiger partial charge >= 0.3 is 11.9 Å². The minimum Gasteiger partial charge on any atom is -0.469 e. The highest BCUT2D eigenvalue weighted by Gasteiger charge is 2.50. The molecule has 162 valence electrons. The minimum atomic E-state index is -1.06. The lowest BCUT2D eigenvalue weighted by atomic mass is 9.84. The van der Waals surface area contributed by atoms with Crippen molar-refractivity contribution in [1.82, 2.24) is 4.90 Å². The van der Waals surface area contributed by atoms with E-state index in [1.165, 1.54) is 14.2 Å². The fourth-order valence-electron chi connectivity index (χ4n) is 3.63. The molecule has 0 spiro atoms. The van der Waals surface area contributed by atoms with Gasteiger partial charge in [-0.2, -0.15) is 0 Å². The third kappa shape index (κ3) is 5.70. The summed E-state index contributed by atoms with van der Waals surface area (Å²) in [6, 6.07) is 9.27. The van der Waals surface area contributed by atoms with Crippen molar-refractivity contribution in [1.29, 1.82) is 0 Å². The molecule has 0 aromatic heterocycles. The number of methoxy groups -OCH3 is 2. The molecule has 0 atom stereocenters. The van der Waals surface area contributed by atoms with Gasteiger partial charge in [0.25, 0.3) is 0 Å². The maximum absolute atomic E-state index is 13.1. The molecule has 0 radical (unpaired) electrons. The van der Waals surface area contributed by atoms with Gasteiger partial charge in [0.2, 0.25) is 5.91 Å². The highest BCUT2D eigenvalue weighted by atomic mass is 35.5. The van der Waals surface area contributed by atoms with Crippen LogP contribution in [0.4, 0.5) is 5.69 Å². The van der Waals surface area contributed by atoms with E-state index in [-0.39, 0.29) is 30.2 Å². The summed E-state index contributed by atoms with van der Waals surface area (Å²) >= 11 is 0. The molecule has 0 N–H and O–H groups in total. The normalized spacial score (nSPS) is 15.9. The minimum absolute atomic E-state index is 0. The molecule has 1 heterocycles. The zero-order valence-corrected chi connectivity index (χ0v) is 18.4. The SMILES string of the molecule is COC(=O)CCN1CCC(C(=O)OC)(N(C(=O)C(C)C)c2ccccc2)CC1.Cl. The Kier molecular flexibility index (Phi) is 9.59. The third-order valence-electron chi connectivity index (χ3n) is 5.27. The van der Waals surface area contributed by atoms with E-state index in [1.54, 1.807) is 4.90 Å². The van der Waals surface area contributed by atoms with Gasteiger partial charge in [0.1, 0.15) is 5.54 Å². The van der Waals surface area contributed by atoms with Crippen LogP contribution in [0.1, 0.15) is 33.1 Å². The summed E-state index contributed by atoms with van der Waals surface area (Å²) in [6.45, 7) is 5.39. The summed E-state index contributed by atoms with van der Waals surface area (Å²) in [7, 11) is 2.73. The summed E-state index contributed by atoms with van der Waals surface area (Å²) in [5, 5.41) is 0. The van der Waals surface area contributed by atoms with Crippen molar-refractivity contribution in [2.24, 2.45) is 5.92 Å². The van der Waals surface area contributed by atoms with Crippen molar-refractivity contribution in [2.45, 2.75) is 38.6 Å². The summed E-state index contributed by atoms with van der Waals surface area (Å²) in [4.78, 5) is 41.2. The van der Waals surface area contributed by atoms with Gasteiger partial charge in [-0.3, -0.25) is 14.5 Å². The number of amides is 1. The molecule has 2 rings (SSSR count). The number of rotatable bonds is 7. The van der Waals surface area contributed by atoms with Crippen molar-refractivity contribution in [3.63, 3.8) is 0 Å². The molecule has 1 amide bonds. The van der Waals surface area contributed by atoms with Crippen LogP contribution in [0.5, 0.6) is 0 Å². The van der Waals surface area contributed by atoms with Crippen molar-refractivity contribution in [3.05, 3.63) is 30.3 Å². The Morgan fingerprint density at radius 1 is 1.07 bits per heavy atom. The number of halogens is 1. The van der Waals surface area contributed by atoms with E-state index < -0.39 is 11.5 Å². The predicted octanol–water partition coefficient (Wildman–Crippen LogP) is 2.67. The van der Waals surface area contributed by atoms with E-state index in [0.29, 0.717) is 44.6 Å². The second-order valence-electron chi connectivity index (χ2n) is 7.35. The first kappa shape index (κ1) is 24.9. The first-order valence-corrected chi connectivity index (χ1v) is 9.62. The number of hydrogen-bond donors (Lipinski definition) is 0. The van der Waals surface area contributed by atoms with Crippen LogP contribution in [0.3, 0.4) is 0 Å². The molecule has 29 heavy (non-hydrogen) atoms. The van der Waals surface area contributed by atoms with Crippen molar-refractivity contribution in [2.75, 3.05) is 38.8 Å². The van der Waals surface area contributed by atoms with E-state index in [0.717, 1.165) is 0 Å². The van der Waals surface area contributed by atoms with E-state index in [9.17, 15) is 14.4 Å². The molecule has 1 saturated heterocycles. The van der Waals surface area contributed by atoms with E-state index in [1.807, 2.05) is 44.2 Å². The van der Waals surface area contributed by atoms with Crippen LogP contribution in [0.25, 0.3) is 0 Å². The molecule has 1 aliphatic heterocycles. The Labute approximate surface area is 178 Å². The van der Waals surface area contributed by atoms with Crippen LogP contribution in [-0.2, 0) is 23.9 Å². The zero-order chi connectivity index (χ0) is 20.7. The summed E-state index contributed by atoms with van der Waals surface area (Å²) in [5.74, 6) is -1.04. The fraction of sp³-hybridized carbons (Fsp3) is 0.571. The number of para-hydroxylation sites is 1. The molecule has 0 aliphatic carbocycles. The van der Waals surface area contributed by atoms with E-state index in [4.69, 9.17) is 9.47 Å². The number of likely N-dealkylation sites (tertiary alicyclic amines) is 1. The van der Waals surface area contributed by atoms with Gasteiger partial charge in [-0.1, -0.05) is 32.0 Å². The van der Waals surface area contributed by atoms with Crippen LogP contribution in [0.15, 0.2) is 30.3 Å². The Balaban J connectivity index is 0.00000420. The van der Waals surface area contributed by atoms with Crippen LogP contribution < -0.4 is 4.90 Å². The molecule has 7 nitrogen and oxygen atoms in total. The number of esters is 2. The van der Waals surface area contributed by atoms with Crippen molar-refractivity contribution in [3.8, 4) is 0 Å². The summed E-state index contributed by atoms with van der Waals surface area (Å²) in [6.07, 6.45) is 1.18. The van der Waals surface area contributed by atoms with Crippen LogP contribution in [-0.4, -0.2) is 62.1 Å². The quantitative estimate of drug-likeness (QED) is 0.624. The Bertz CT molecular complexity index is 688. The molecule has 0 saturated carbocycles. The number of anilines is 1. The molecular weight excluding hydrogens is 396 g/mol. The van der Waals surface area contributed by atoms with Crippen LogP contribution in [0.2, 0.25) is 0 Å². The van der Waals surface area contributed by atoms with Gasteiger partial charge in [0, 0.05) is 31.2 Å². The van der Waals surface area contributed by atoms with E-state index in [2.05, 4.69) is 4.90 Å². The molecule has 0 unspecified atom stereocenters. The number of nitrogens with zero attached hydrogens (tertiary/aromatic N) is 2. The monoisotopic (exact) mass is 426 g/mol. The molecule has 1 fully saturated rings. The van der Waals surface area contributed by atoms with Gasteiger partial charge in [0.05, 0.1) is 20.6 Å². The number of benzene rings is 1. The first-order valence-electron chi connectivity index (χ1n) is 9.62. The van der Waals surface area contributed by atoms with E-state index >= 15 is 0 Å². The average Bonchev–Trinajstić information content (AvgIpc) is 2.72. The highest BCUT2D eigenvalue weighted by molar-refractivity contribution is 6.03. The Morgan fingerprint density at radius 3 is 2.14 bits per heavy atom. The molecule has 1 aromatic rings. The standard InChI is InChI=1S/C21H30N2O5.ClH/c1-16(2)19(25)23(17-8-6-5-7-9-17)21(20(26)28-4)11-14-22(15-12-21)13-10-18(24)27-3;/h5-9,16H,10-15H2,1-4H3;1H. The number of carbonyl (C=O) groups is 3. The van der Waals surface area contributed by atoms with Gasteiger partial charge in [0.15, 0.2) is 0 Å². The molecule has 0 bridgehead atoms. The maximum atomic E-state index is 13.1. The topological polar surface area (TPSA) is 76.2 Å². The number of hydrogen-bond acceptors (Lipinski definition) is 6. The largest absolute Gasteiger partial charge is 0.469 e. The Morgan fingerprint density at radius 2 is 1.66 bits per heavy atom. The van der Waals surface area contributed by atoms with Gasteiger partial charge in [-0.05, 0) is 25.0 Å². The third-order valence-corrected chi connectivity index (χ3v) is 5.27. The zero-order valence-electron chi connectivity index (χ0n) is 17.6. The lowest BCUT2D eigenvalue weighted by Crippen LogP contribution is -2.63. The van der Waals surface area contributed by atoms with Crippen LogP contribution in [0, 0.1) is 5.92 Å². The lowest BCUT2D eigenvalue weighted by Gasteiger charge is -2.47. The van der Waals surface area contributed by atoms with Gasteiger partial charge in [-0.15, -0.1) is 12.4 Å². The summed E-state index contributed by atoms with van der Waals surface area (Å²) in [5.41, 5.74) is -0.367. The predicted molar refractivity (Wildman–Crippen MR) is 113 cm³/mol. The number of carbonyl (C=O) groups excluding carboxylic acids is 3. The van der Waals surface area contributed by atoms with Crippen LogP contribution >= 0.6 is 12.4 Å². The fourth-order valence-corrected chi connectivity index (χ4v) is 3.63. The smallest absolute Gasteiger partial charge is 0.332 e. The molecule has 1 aromatic carbocycles. The second kappa shape index (κ2) is 11.2. The maximum Gasteiger partial charge on any atom is 0.332 e. The van der Waals surface area contributed by atoms with Gasteiger partial charge < -0.3 is 14.4 Å².